The van der Waals surface area contributed by atoms with Gasteiger partial charge in [-0.1, -0.05) is 0 Å². The molecule has 1 aromatic rings. The molecule has 0 spiro atoms. The third kappa shape index (κ3) is 1.83. The van der Waals surface area contributed by atoms with Gasteiger partial charge in [0.2, 0.25) is 11.2 Å². The van der Waals surface area contributed by atoms with E-state index in [0.29, 0.717) is 5.75 Å². The summed E-state index contributed by atoms with van der Waals surface area (Å²) in [6.45, 7) is 0.00252. The van der Waals surface area contributed by atoms with E-state index in [0.717, 1.165) is 0 Å². The topological polar surface area (TPSA) is 72.4 Å². The van der Waals surface area contributed by atoms with Crippen molar-refractivity contribution in [3.63, 3.8) is 0 Å². The number of hydrogen-bond donors (Lipinski definition) is 0. The molecular weight excluding hydrogens is 234 g/mol. The molecule has 0 aliphatic carbocycles. The molecule has 0 saturated carbocycles. The third-order valence-electron chi connectivity index (χ3n) is 2.17. The number of aromatic nitrogens is 2. The summed E-state index contributed by atoms with van der Waals surface area (Å²) in [5.74, 6) is 0.0886. The molecule has 0 N–H and O–H groups in total. The summed E-state index contributed by atoms with van der Waals surface area (Å²) < 4.78 is 5.01. The number of halogens is 1. The largest absolute Gasteiger partial charge is 0.491 e. The van der Waals surface area contributed by atoms with E-state index in [1.165, 1.54) is 18.2 Å². The highest BCUT2D eigenvalue weighted by Crippen LogP contribution is 2.28. The van der Waals surface area contributed by atoms with E-state index in [9.17, 15) is 9.59 Å². The molecule has 0 atom stereocenters. The first-order valence-electron chi connectivity index (χ1n) is 4.50. The summed E-state index contributed by atoms with van der Waals surface area (Å²) >= 11 is 5.64. The Hall–Kier alpha value is -1.69. The van der Waals surface area contributed by atoms with Crippen molar-refractivity contribution in [2.24, 2.45) is 0 Å². The molecule has 0 bridgehead atoms. The number of nitrogens with zero attached hydrogens (tertiary/aromatic N) is 3. The fourth-order valence-corrected chi connectivity index (χ4v) is 1.58. The number of carbonyl (C=O) groups excluding carboxylic acids is 2. The van der Waals surface area contributed by atoms with E-state index in [2.05, 4.69) is 9.97 Å². The molecule has 0 unspecified atom stereocenters. The fraction of sp³-hybridized carbons (Fsp3) is 0.333. The van der Waals surface area contributed by atoms with Gasteiger partial charge in [-0.2, -0.15) is 4.98 Å². The highest BCUT2D eigenvalue weighted by Gasteiger charge is 2.31. The third-order valence-corrected chi connectivity index (χ3v) is 2.35. The lowest BCUT2D eigenvalue weighted by atomic mass is 10.3. The number of anilines is 1. The summed E-state index contributed by atoms with van der Waals surface area (Å²) in [6, 6.07) is 0. The number of carbonyl (C=O) groups is 2. The van der Waals surface area contributed by atoms with Crippen LogP contribution in [0.15, 0.2) is 6.20 Å². The van der Waals surface area contributed by atoms with Gasteiger partial charge >= 0.3 is 0 Å². The van der Waals surface area contributed by atoms with E-state index in [1.807, 2.05) is 0 Å². The maximum Gasteiger partial charge on any atom is 0.236 e. The Labute approximate surface area is 96.2 Å². The molecule has 0 aromatic carbocycles. The maximum absolute atomic E-state index is 11.5. The first-order chi connectivity index (χ1) is 7.61. The van der Waals surface area contributed by atoms with E-state index in [4.69, 9.17) is 16.3 Å². The van der Waals surface area contributed by atoms with Gasteiger partial charge < -0.3 is 4.74 Å². The molecule has 1 aliphatic heterocycles. The Kier molecular flexibility index (Phi) is 2.74. The van der Waals surface area contributed by atoms with Gasteiger partial charge in [0.15, 0.2) is 17.4 Å². The highest BCUT2D eigenvalue weighted by molar-refractivity contribution is 6.28. The minimum absolute atomic E-state index is 0.00252. The van der Waals surface area contributed by atoms with Gasteiger partial charge in [-0.25, -0.2) is 4.98 Å². The standard InChI is InChI=1S/C9H8ClN3O3/c1-16-6-3-11-9(10)12-8(6)13-4-5(14)2-7(13)15/h3H,2,4H2,1H3. The predicted molar refractivity (Wildman–Crippen MR) is 55.6 cm³/mol. The average Bonchev–Trinajstić information content (AvgIpc) is 2.57. The number of amides is 1. The normalized spacial score (nSPS) is 15.8. The van der Waals surface area contributed by atoms with Crippen molar-refractivity contribution in [2.45, 2.75) is 6.42 Å². The Balaban J connectivity index is 2.42. The Morgan fingerprint density at radius 2 is 2.25 bits per heavy atom. The van der Waals surface area contributed by atoms with Crippen LogP contribution in [0, 0.1) is 0 Å². The number of Topliss-reactive ketones (excluding diaryl/α,β-unsaturated/α-hetero) is 1. The number of ketones is 1. The molecule has 2 heterocycles. The van der Waals surface area contributed by atoms with Crippen LogP contribution in [-0.2, 0) is 9.59 Å². The van der Waals surface area contributed by atoms with Gasteiger partial charge in [0.1, 0.15) is 0 Å². The summed E-state index contributed by atoms with van der Waals surface area (Å²) in [5.41, 5.74) is 0. The lowest BCUT2D eigenvalue weighted by molar-refractivity contribution is -0.121. The molecule has 7 heteroatoms. The molecule has 1 aliphatic rings. The smallest absolute Gasteiger partial charge is 0.236 e. The van der Waals surface area contributed by atoms with Gasteiger partial charge in [0, 0.05) is 0 Å². The molecule has 16 heavy (non-hydrogen) atoms. The first kappa shape index (κ1) is 10.8. The summed E-state index contributed by atoms with van der Waals surface area (Å²) in [4.78, 5) is 31.5. The number of hydrogen-bond acceptors (Lipinski definition) is 5. The Bertz CT molecular complexity index is 463. The minimum atomic E-state index is -0.307. The van der Waals surface area contributed by atoms with Gasteiger partial charge in [-0.15, -0.1) is 0 Å². The molecule has 2 rings (SSSR count). The monoisotopic (exact) mass is 241 g/mol. The molecule has 1 amide bonds. The lowest BCUT2D eigenvalue weighted by Gasteiger charge is -2.16. The second-order valence-electron chi connectivity index (χ2n) is 3.23. The van der Waals surface area contributed by atoms with Crippen molar-refractivity contribution >= 4 is 29.1 Å². The Morgan fingerprint density at radius 1 is 1.50 bits per heavy atom. The molecule has 6 nitrogen and oxygen atoms in total. The molecular formula is C9H8ClN3O3. The van der Waals surface area contributed by atoms with Crippen LogP contribution in [0.5, 0.6) is 5.75 Å². The van der Waals surface area contributed by atoms with Crippen LogP contribution in [0.2, 0.25) is 5.28 Å². The van der Waals surface area contributed by atoms with Gasteiger partial charge in [0.25, 0.3) is 0 Å². The first-order valence-corrected chi connectivity index (χ1v) is 4.88. The van der Waals surface area contributed by atoms with Crippen molar-refractivity contribution in [3.8, 4) is 5.75 Å². The SMILES string of the molecule is COc1cnc(Cl)nc1N1CC(=O)CC1=O. The predicted octanol–water partition coefficient (Wildman–Crippen LogP) is 0.444. The second-order valence-corrected chi connectivity index (χ2v) is 3.56. The molecule has 1 saturated heterocycles. The van der Waals surface area contributed by atoms with Crippen LogP contribution < -0.4 is 9.64 Å². The maximum atomic E-state index is 11.5. The summed E-state index contributed by atoms with van der Waals surface area (Å²) in [7, 11) is 1.43. The van der Waals surface area contributed by atoms with Crippen LogP contribution in [0.25, 0.3) is 0 Å². The highest BCUT2D eigenvalue weighted by atomic mass is 35.5. The second kappa shape index (κ2) is 4.05. The fourth-order valence-electron chi connectivity index (χ4n) is 1.46. The molecule has 84 valence electrons. The van der Waals surface area contributed by atoms with E-state index in [-0.39, 0.29) is 35.8 Å². The van der Waals surface area contributed by atoms with E-state index >= 15 is 0 Å². The van der Waals surface area contributed by atoms with Crippen LogP contribution in [0.1, 0.15) is 6.42 Å². The molecule has 1 fully saturated rings. The van der Waals surface area contributed by atoms with Gasteiger partial charge in [0.05, 0.1) is 26.3 Å². The van der Waals surface area contributed by atoms with E-state index in [1.54, 1.807) is 0 Å². The number of methoxy groups -OCH3 is 1. The molecule has 1 aromatic heterocycles. The number of ether oxygens (including phenoxy) is 1. The Morgan fingerprint density at radius 3 is 2.81 bits per heavy atom. The van der Waals surface area contributed by atoms with Crippen molar-refractivity contribution in [1.82, 2.24) is 9.97 Å². The van der Waals surface area contributed by atoms with Crippen molar-refractivity contribution in [3.05, 3.63) is 11.5 Å². The number of rotatable bonds is 2. The van der Waals surface area contributed by atoms with E-state index < -0.39 is 0 Å². The average molecular weight is 242 g/mol. The van der Waals surface area contributed by atoms with Gasteiger partial charge in [-0.3, -0.25) is 14.5 Å². The van der Waals surface area contributed by atoms with Crippen molar-refractivity contribution < 1.29 is 14.3 Å². The zero-order chi connectivity index (χ0) is 11.7. The van der Waals surface area contributed by atoms with Crippen LogP contribution in [-0.4, -0.2) is 35.3 Å². The molecule has 0 radical (unpaired) electrons. The summed E-state index contributed by atoms with van der Waals surface area (Å²) in [5, 5.41) is 0.00273. The summed E-state index contributed by atoms with van der Waals surface area (Å²) in [6.07, 6.45) is 1.26. The van der Waals surface area contributed by atoms with Crippen LogP contribution in [0.3, 0.4) is 0 Å². The van der Waals surface area contributed by atoms with Crippen molar-refractivity contribution in [2.75, 3.05) is 18.6 Å². The van der Waals surface area contributed by atoms with Crippen molar-refractivity contribution in [1.29, 1.82) is 0 Å². The van der Waals surface area contributed by atoms with Gasteiger partial charge in [-0.05, 0) is 11.6 Å². The minimum Gasteiger partial charge on any atom is -0.491 e. The zero-order valence-electron chi connectivity index (χ0n) is 8.44. The van der Waals surface area contributed by atoms with Crippen LogP contribution >= 0.6 is 11.6 Å². The lowest BCUT2D eigenvalue weighted by Crippen LogP contribution is -2.26. The van der Waals surface area contributed by atoms with Crippen LogP contribution in [0.4, 0.5) is 5.82 Å². The quantitative estimate of drug-likeness (QED) is 0.555. The zero-order valence-corrected chi connectivity index (χ0v) is 9.19.